The Morgan fingerprint density at radius 1 is 1.23 bits per heavy atom. The summed E-state index contributed by atoms with van der Waals surface area (Å²) in [5, 5.41) is 0.910. The molecule has 0 N–H and O–H groups in total. The fourth-order valence-corrected chi connectivity index (χ4v) is 1.52. The Morgan fingerprint density at radius 3 is 2.08 bits per heavy atom. The minimum atomic E-state index is 0.000432. The summed E-state index contributed by atoms with van der Waals surface area (Å²) in [5.41, 5.74) is 0.502. The van der Waals surface area contributed by atoms with Gasteiger partial charge in [0.1, 0.15) is 0 Å². The van der Waals surface area contributed by atoms with Crippen molar-refractivity contribution in [1.29, 1.82) is 0 Å². The lowest BCUT2D eigenvalue weighted by atomic mass is 10.1. The summed E-state index contributed by atoms with van der Waals surface area (Å²) in [6.07, 6.45) is 0.425. The molecule has 4 heteroatoms. The second-order valence-corrected chi connectivity index (χ2v) is 3.72. The van der Waals surface area contributed by atoms with Crippen LogP contribution in [0.15, 0.2) is 12.1 Å². The van der Waals surface area contributed by atoms with Crippen LogP contribution < -0.4 is 0 Å². The summed E-state index contributed by atoms with van der Waals surface area (Å²) in [7, 11) is 0. The van der Waals surface area contributed by atoms with Gasteiger partial charge in [-0.2, -0.15) is 0 Å². The van der Waals surface area contributed by atoms with Crippen molar-refractivity contribution in [2.45, 2.75) is 13.3 Å². The third-order valence-electron chi connectivity index (χ3n) is 1.63. The van der Waals surface area contributed by atoms with Gasteiger partial charge in [0.25, 0.3) is 0 Å². The first-order valence-corrected chi connectivity index (χ1v) is 4.87. The highest BCUT2D eigenvalue weighted by Gasteiger charge is 2.09. The van der Waals surface area contributed by atoms with Gasteiger partial charge in [0, 0.05) is 12.0 Å². The van der Waals surface area contributed by atoms with E-state index < -0.39 is 0 Å². The third kappa shape index (κ3) is 2.37. The number of benzene rings is 1. The smallest absolute Gasteiger partial charge is 0.162 e. The Balaban J connectivity index is 3.20. The number of rotatable bonds is 2. The lowest BCUT2D eigenvalue weighted by Gasteiger charge is -2.02. The number of Topliss-reactive ketones (excluding diaryl/α,β-unsaturated/α-hetero) is 1. The van der Waals surface area contributed by atoms with E-state index in [-0.39, 0.29) is 10.8 Å². The Morgan fingerprint density at radius 2 is 1.69 bits per heavy atom. The second kappa shape index (κ2) is 4.32. The highest BCUT2D eigenvalue weighted by atomic mass is 35.5. The second-order valence-electron chi connectivity index (χ2n) is 2.53. The molecular formula is C9H7Cl3O. The molecule has 13 heavy (non-hydrogen) atoms. The van der Waals surface area contributed by atoms with E-state index in [0.29, 0.717) is 22.0 Å². The van der Waals surface area contributed by atoms with Crippen molar-refractivity contribution in [3.05, 3.63) is 32.8 Å². The Kier molecular flexibility index (Phi) is 3.60. The number of halogens is 3. The lowest BCUT2D eigenvalue weighted by molar-refractivity contribution is 0.0988. The molecule has 1 nitrogen and oxygen atoms in total. The molecule has 0 saturated carbocycles. The fourth-order valence-electron chi connectivity index (χ4n) is 0.921. The summed E-state index contributed by atoms with van der Waals surface area (Å²) < 4.78 is 0. The average molecular weight is 238 g/mol. The molecule has 0 radical (unpaired) electrons. The molecular weight excluding hydrogens is 230 g/mol. The largest absolute Gasteiger partial charge is 0.294 e. The minimum Gasteiger partial charge on any atom is -0.294 e. The SMILES string of the molecule is CCC(=O)c1cc(Cl)c(Cl)c(Cl)c1. The van der Waals surface area contributed by atoms with Crippen molar-refractivity contribution in [3.8, 4) is 0 Å². The minimum absolute atomic E-state index is 0.000432. The van der Waals surface area contributed by atoms with E-state index in [1.165, 1.54) is 12.1 Å². The number of hydrogen-bond acceptors (Lipinski definition) is 1. The monoisotopic (exact) mass is 236 g/mol. The van der Waals surface area contributed by atoms with Gasteiger partial charge in [-0.05, 0) is 12.1 Å². The maximum Gasteiger partial charge on any atom is 0.162 e. The van der Waals surface area contributed by atoms with Gasteiger partial charge in [-0.3, -0.25) is 4.79 Å². The van der Waals surface area contributed by atoms with E-state index in [2.05, 4.69) is 0 Å². The molecule has 0 atom stereocenters. The number of ketones is 1. The van der Waals surface area contributed by atoms with Crippen molar-refractivity contribution >= 4 is 40.6 Å². The summed E-state index contributed by atoms with van der Waals surface area (Å²) in [6, 6.07) is 3.06. The predicted octanol–water partition coefficient (Wildman–Crippen LogP) is 4.24. The van der Waals surface area contributed by atoms with Crippen LogP contribution in [-0.2, 0) is 0 Å². The molecule has 0 heterocycles. The van der Waals surface area contributed by atoms with Gasteiger partial charge in [0.15, 0.2) is 5.78 Å². The summed E-state index contributed by atoms with van der Waals surface area (Å²) in [6.45, 7) is 1.78. The van der Waals surface area contributed by atoms with Crippen LogP contribution >= 0.6 is 34.8 Å². The van der Waals surface area contributed by atoms with Gasteiger partial charge < -0.3 is 0 Å². The zero-order chi connectivity index (χ0) is 10.0. The molecule has 0 aliphatic heterocycles. The van der Waals surface area contributed by atoms with Gasteiger partial charge in [0.05, 0.1) is 15.1 Å². The Hall–Kier alpha value is -0.240. The topological polar surface area (TPSA) is 17.1 Å². The average Bonchev–Trinajstić information content (AvgIpc) is 2.12. The molecule has 0 bridgehead atoms. The molecule has 70 valence electrons. The van der Waals surface area contributed by atoms with Crippen LogP contribution in [0.5, 0.6) is 0 Å². The molecule has 0 unspecified atom stereocenters. The molecule has 0 aliphatic carbocycles. The van der Waals surface area contributed by atoms with E-state index in [9.17, 15) is 4.79 Å². The molecule has 1 aromatic rings. The van der Waals surface area contributed by atoms with Crippen LogP contribution in [0, 0.1) is 0 Å². The number of carbonyl (C=O) groups excluding carboxylic acids is 1. The van der Waals surface area contributed by atoms with Crippen LogP contribution in [-0.4, -0.2) is 5.78 Å². The third-order valence-corrected chi connectivity index (χ3v) is 2.82. The molecule has 0 spiro atoms. The van der Waals surface area contributed by atoms with Crippen LogP contribution in [0.1, 0.15) is 23.7 Å². The highest BCUT2D eigenvalue weighted by molar-refractivity contribution is 6.48. The van der Waals surface area contributed by atoms with Crippen LogP contribution in [0.25, 0.3) is 0 Å². The van der Waals surface area contributed by atoms with E-state index in [4.69, 9.17) is 34.8 Å². The first kappa shape index (κ1) is 10.8. The van der Waals surface area contributed by atoms with Crippen molar-refractivity contribution in [1.82, 2.24) is 0 Å². The Bertz CT molecular complexity index is 324. The first-order chi connectivity index (χ1) is 6.06. The van der Waals surface area contributed by atoms with Crippen molar-refractivity contribution in [2.75, 3.05) is 0 Å². The molecule has 0 fully saturated rings. The molecule has 1 rings (SSSR count). The van der Waals surface area contributed by atoms with Crippen LogP contribution in [0.4, 0.5) is 0 Å². The quantitative estimate of drug-likeness (QED) is 0.555. The summed E-state index contributed by atoms with van der Waals surface area (Å²) in [5.74, 6) is 0.000432. The standard InChI is InChI=1S/C9H7Cl3O/c1-2-8(13)5-3-6(10)9(12)7(11)4-5/h3-4H,2H2,1H3. The Labute approximate surface area is 91.6 Å². The van der Waals surface area contributed by atoms with Crippen molar-refractivity contribution in [3.63, 3.8) is 0 Å². The van der Waals surface area contributed by atoms with Gasteiger partial charge in [0.2, 0.25) is 0 Å². The molecule has 0 aliphatic rings. The van der Waals surface area contributed by atoms with Crippen molar-refractivity contribution < 1.29 is 4.79 Å². The summed E-state index contributed by atoms with van der Waals surface area (Å²) in [4.78, 5) is 11.3. The molecule has 0 aromatic heterocycles. The zero-order valence-corrected chi connectivity index (χ0v) is 9.17. The highest BCUT2D eigenvalue weighted by Crippen LogP contribution is 2.31. The normalized spacial score (nSPS) is 10.2. The number of hydrogen-bond donors (Lipinski definition) is 0. The van der Waals surface area contributed by atoms with Gasteiger partial charge in [-0.25, -0.2) is 0 Å². The molecule has 1 aromatic carbocycles. The molecule has 0 amide bonds. The lowest BCUT2D eigenvalue weighted by Crippen LogP contribution is -1.96. The van der Waals surface area contributed by atoms with E-state index in [1.54, 1.807) is 6.92 Å². The maximum atomic E-state index is 11.3. The molecule has 0 saturated heterocycles. The first-order valence-electron chi connectivity index (χ1n) is 3.74. The zero-order valence-electron chi connectivity index (χ0n) is 6.90. The van der Waals surface area contributed by atoms with E-state index >= 15 is 0 Å². The van der Waals surface area contributed by atoms with Crippen LogP contribution in [0.3, 0.4) is 0 Å². The van der Waals surface area contributed by atoms with Gasteiger partial charge in [-0.15, -0.1) is 0 Å². The van der Waals surface area contributed by atoms with Gasteiger partial charge in [-0.1, -0.05) is 41.7 Å². The number of carbonyl (C=O) groups is 1. The predicted molar refractivity (Wildman–Crippen MR) is 56.1 cm³/mol. The van der Waals surface area contributed by atoms with Crippen LogP contribution in [0.2, 0.25) is 15.1 Å². The van der Waals surface area contributed by atoms with E-state index in [0.717, 1.165) is 0 Å². The maximum absolute atomic E-state index is 11.3. The summed E-state index contributed by atoms with van der Waals surface area (Å²) >= 11 is 17.2. The van der Waals surface area contributed by atoms with Crippen molar-refractivity contribution in [2.24, 2.45) is 0 Å². The van der Waals surface area contributed by atoms with Gasteiger partial charge >= 0.3 is 0 Å². The fraction of sp³-hybridized carbons (Fsp3) is 0.222. The van der Waals surface area contributed by atoms with E-state index in [1.807, 2.05) is 0 Å².